The fraction of sp³-hybridized carbons (Fsp3) is 0.333. The molecule has 6 nitrogen and oxygen atoms in total. The molecule has 5 rings (SSSR count). The second kappa shape index (κ2) is 10.1. The second-order valence-corrected chi connectivity index (χ2v) is 10.0. The van der Waals surface area contributed by atoms with E-state index in [1.54, 1.807) is 29.6 Å². The van der Waals surface area contributed by atoms with Gasteiger partial charge in [-0.05, 0) is 67.1 Å². The highest BCUT2D eigenvalue weighted by Crippen LogP contribution is 2.31. The van der Waals surface area contributed by atoms with Crippen LogP contribution in [0.25, 0.3) is 0 Å². The maximum absolute atomic E-state index is 13.1. The summed E-state index contributed by atoms with van der Waals surface area (Å²) in [5.41, 5.74) is 3.60. The SMILES string of the molecule is O=C(Nc1ccc2c(c1)CCCC2=O)c1csc(C2CCN(C(=O)Cc3ccc(F)cc3)CC2)n1. The lowest BCUT2D eigenvalue weighted by Gasteiger charge is -2.31. The number of benzene rings is 2. The lowest BCUT2D eigenvalue weighted by Crippen LogP contribution is -2.38. The summed E-state index contributed by atoms with van der Waals surface area (Å²) >= 11 is 1.48. The highest BCUT2D eigenvalue weighted by molar-refractivity contribution is 7.10. The van der Waals surface area contributed by atoms with Crippen LogP contribution < -0.4 is 5.32 Å². The molecule has 1 N–H and O–H groups in total. The smallest absolute Gasteiger partial charge is 0.275 e. The first-order chi connectivity index (χ1) is 17.0. The summed E-state index contributed by atoms with van der Waals surface area (Å²) in [6.45, 7) is 1.28. The van der Waals surface area contributed by atoms with E-state index in [2.05, 4.69) is 10.3 Å². The Morgan fingerprint density at radius 3 is 2.63 bits per heavy atom. The number of hydrogen-bond acceptors (Lipinski definition) is 5. The number of aromatic nitrogens is 1. The number of hydrogen-bond donors (Lipinski definition) is 1. The van der Waals surface area contributed by atoms with E-state index < -0.39 is 0 Å². The molecule has 0 radical (unpaired) electrons. The Kier molecular flexibility index (Phi) is 6.72. The van der Waals surface area contributed by atoms with Crippen LogP contribution >= 0.6 is 11.3 Å². The quantitative estimate of drug-likeness (QED) is 0.545. The van der Waals surface area contributed by atoms with Crippen LogP contribution in [-0.4, -0.2) is 40.6 Å². The maximum atomic E-state index is 13.1. The van der Waals surface area contributed by atoms with Crippen molar-refractivity contribution >= 4 is 34.6 Å². The fourth-order valence-electron chi connectivity index (χ4n) is 4.76. The van der Waals surface area contributed by atoms with Crippen molar-refractivity contribution in [2.45, 2.75) is 44.4 Å². The summed E-state index contributed by atoms with van der Waals surface area (Å²) in [5, 5.41) is 5.60. The number of thiazole rings is 1. The molecule has 2 aromatic carbocycles. The molecule has 3 aromatic rings. The number of nitrogens with one attached hydrogen (secondary N) is 1. The van der Waals surface area contributed by atoms with Crippen LogP contribution in [-0.2, 0) is 17.6 Å². The largest absolute Gasteiger partial charge is 0.342 e. The maximum Gasteiger partial charge on any atom is 0.275 e. The molecule has 1 aliphatic heterocycles. The third-order valence-electron chi connectivity index (χ3n) is 6.73. The van der Waals surface area contributed by atoms with Crippen molar-refractivity contribution in [3.8, 4) is 0 Å². The molecule has 2 aliphatic rings. The topological polar surface area (TPSA) is 79.4 Å². The average Bonchev–Trinajstić information content (AvgIpc) is 3.36. The van der Waals surface area contributed by atoms with E-state index in [0.29, 0.717) is 30.9 Å². The van der Waals surface area contributed by atoms with Crippen molar-refractivity contribution in [3.63, 3.8) is 0 Å². The van der Waals surface area contributed by atoms with Crippen LogP contribution in [0.2, 0.25) is 0 Å². The molecule has 0 spiro atoms. The van der Waals surface area contributed by atoms with E-state index in [1.807, 2.05) is 11.0 Å². The molecule has 1 aliphatic carbocycles. The number of anilines is 1. The fourth-order valence-corrected chi connectivity index (χ4v) is 5.73. The van der Waals surface area contributed by atoms with Gasteiger partial charge in [-0.1, -0.05) is 12.1 Å². The number of nitrogens with zero attached hydrogens (tertiary/aromatic N) is 2. The van der Waals surface area contributed by atoms with E-state index in [1.165, 1.54) is 23.5 Å². The van der Waals surface area contributed by atoms with Gasteiger partial charge in [0.25, 0.3) is 5.91 Å². The zero-order chi connectivity index (χ0) is 24.4. The van der Waals surface area contributed by atoms with Gasteiger partial charge in [-0.15, -0.1) is 11.3 Å². The van der Waals surface area contributed by atoms with Gasteiger partial charge < -0.3 is 10.2 Å². The first kappa shape index (κ1) is 23.4. The molecule has 2 amide bonds. The lowest BCUT2D eigenvalue weighted by molar-refractivity contribution is -0.131. The molecule has 35 heavy (non-hydrogen) atoms. The standard InChI is InChI=1S/C27H26FN3O3S/c28-20-6-4-17(5-7-20)14-25(33)31-12-10-18(11-13-31)27-30-23(16-35-27)26(34)29-21-8-9-22-19(15-21)2-1-3-24(22)32/h4-9,15-16,18H,1-3,10-14H2,(H,29,34). The van der Waals surface area contributed by atoms with Crippen molar-refractivity contribution in [1.29, 1.82) is 0 Å². The number of fused-ring (bicyclic) bond motifs is 1. The third-order valence-corrected chi connectivity index (χ3v) is 7.74. The number of likely N-dealkylation sites (tertiary alicyclic amines) is 1. The summed E-state index contributed by atoms with van der Waals surface area (Å²) in [6, 6.07) is 11.5. The minimum absolute atomic E-state index is 0.0426. The highest BCUT2D eigenvalue weighted by atomic mass is 32.1. The van der Waals surface area contributed by atoms with E-state index in [9.17, 15) is 18.8 Å². The Labute approximate surface area is 207 Å². The normalized spacial score (nSPS) is 16.1. The summed E-state index contributed by atoms with van der Waals surface area (Å²) < 4.78 is 13.1. The van der Waals surface area contributed by atoms with Crippen molar-refractivity contribution in [3.05, 3.63) is 81.1 Å². The molecule has 0 atom stereocenters. The van der Waals surface area contributed by atoms with Crippen LogP contribution in [0.1, 0.15) is 68.6 Å². The minimum atomic E-state index is -0.308. The van der Waals surface area contributed by atoms with Gasteiger partial charge in [0.05, 0.1) is 11.4 Å². The monoisotopic (exact) mass is 491 g/mol. The van der Waals surface area contributed by atoms with Gasteiger partial charge >= 0.3 is 0 Å². The molecular formula is C27H26FN3O3S. The van der Waals surface area contributed by atoms with E-state index in [0.717, 1.165) is 47.4 Å². The zero-order valence-electron chi connectivity index (χ0n) is 19.3. The first-order valence-corrected chi connectivity index (χ1v) is 12.8. The Morgan fingerprint density at radius 1 is 1.09 bits per heavy atom. The zero-order valence-corrected chi connectivity index (χ0v) is 20.1. The van der Waals surface area contributed by atoms with Gasteiger partial charge in [0.2, 0.25) is 5.91 Å². The van der Waals surface area contributed by atoms with Gasteiger partial charge in [-0.3, -0.25) is 14.4 Å². The van der Waals surface area contributed by atoms with Gasteiger partial charge in [0.15, 0.2) is 5.78 Å². The van der Waals surface area contributed by atoms with Crippen molar-refractivity contribution in [1.82, 2.24) is 9.88 Å². The number of rotatable bonds is 5. The number of piperidine rings is 1. The van der Waals surface area contributed by atoms with Crippen LogP contribution in [0.5, 0.6) is 0 Å². The molecule has 0 bridgehead atoms. The Bertz CT molecular complexity index is 1260. The van der Waals surface area contributed by atoms with E-state index in [4.69, 9.17) is 0 Å². The molecule has 0 saturated carbocycles. The molecular weight excluding hydrogens is 465 g/mol. The Hall–Kier alpha value is -3.39. The van der Waals surface area contributed by atoms with Crippen LogP contribution in [0.15, 0.2) is 47.8 Å². The highest BCUT2D eigenvalue weighted by Gasteiger charge is 2.26. The predicted octanol–water partition coefficient (Wildman–Crippen LogP) is 5.00. The molecule has 0 unspecified atom stereocenters. The molecule has 2 heterocycles. The summed E-state index contributed by atoms with van der Waals surface area (Å²) in [6.07, 6.45) is 4.13. The van der Waals surface area contributed by atoms with Crippen LogP contribution in [0.3, 0.4) is 0 Å². The number of ketones is 1. The summed E-state index contributed by atoms with van der Waals surface area (Å²) in [5.74, 6) is -0.150. The lowest BCUT2D eigenvalue weighted by atomic mass is 9.90. The van der Waals surface area contributed by atoms with E-state index in [-0.39, 0.29) is 35.8 Å². The van der Waals surface area contributed by atoms with E-state index >= 15 is 0 Å². The second-order valence-electron chi connectivity index (χ2n) is 9.13. The average molecular weight is 492 g/mol. The summed E-state index contributed by atoms with van der Waals surface area (Å²) in [4.78, 5) is 43.8. The number of aryl methyl sites for hydroxylation is 1. The Balaban J connectivity index is 1.16. The number of amides is 2. The van der Waals surface area contributed by atoms with Crippen LogP contribution in [0.4, 0.5) is 10.1 Å². The van der Waals surface area contributed by atoms with Crippen molar-refractivity contribution < 1.29 is 18.8 Å². The molecule has 1 fully saturated rings. The van der Waals surface area contributed by atoms with Gasteiger partial charge in [-0.25, -0.2) is 9.37 Å². The molecule has 1 aromatic heterocycles. The Morgan fingerprint density at radius 2 is 1.86 bits per heavy atom. The van der Waals surface area contributed by atoms with Gasteiger partial charge in [0.1, 0.15) is 11.5 Å². The number of Topliss-reactive ketones (excluding diaryl/α,β-unsaturated/α-hetero) is 1. The number of carbonyl (C=O) groups is 3. The van der Waals surface area contributed by atoms with Crippen LogP contribution in [0, 0.1) is 5.82 Å². The number of carbonyl (C=O) groups excluding carboxylic acids is 3. The van der Waals surface area contributed by atoms with Gasteiger partial charge in [-0.2, -0.15) is 0 Å². The molecule has 1 saturated heterocycles. The van der Waals surface area contributed by atoms with Gasteiger partial charge in [0, 0.05) is 42.1 Å². The first-order valence-electron chi connectivity index (χ1n) is 11.9. The van der Waals surface area contributed by atoms with Crippen molar-refractivity contribution in [2.24, 2.45) is 0 Å². The minimum Gasteiger partial charge on any atom is -0.342 e. The third kappa shape index (κ3) is 5.32. The summed E-state index contributed by atoms with van der Waals surface area (Å²) in [7, 11) is 0. The molecule has 180 valence electrons. The predicted molar refractivity (Wildman–Crippen MR) is 132 cm³/mol. The molecule has 8 heteroatoms. The van der Waals surface area contributed by atoms with Crippen molar-refractivity contribution in [2.75, 3.05) is 18.4 Å². The number of halogens is 1.